The summed E-state index contributed by atoms with van der Waals surface area (Å²) in [4.78, 5) is 17.3. The van der Waals surface area contributed by atoms with Gasteiger partial charge in [0.25, 0.3) is 5.91 Å². The van der Waals surface area contributed by atoms with Crippen LogP contribution in [0.3, 0.4) is 0 Å². The van der Waals surface area contributed by atoms with Crippen molar-refractivity contribution in [2.24, 2.45) is 0 Å². The smallest absolute Gasteiger partial charge is 0.251 e. The van der Waals surface area contributed by atoms with Crippen molar-refractivity contribution in [1.29, 1.82) is 0 Å². The van der Waals surface area contributed by atoms with E-state index in [0.717, 1.165) is 13.1 Å². The van der Waals surface area contributed by atoms with Crippen molar-refractivity contribution in [3.8, 4) is 0 Å². The van der Waals surface area contributed by atoms with E-state index in [1.54, 1.807) is 33.3 Å². The molecular weight excluding hydrogens is 366 g/mol. The first-order valence-electron chi connectivity index (χ1n) is 9.36. The van der Waals surface area contributed by atoms with Crippen LogP contribution in [0.25, 0.3) is 0 Å². The lowest BCUT2D eigenvalue weighted by Crippen LogP contribution is -3.28. The fourth-order valence-corrected chi connectivity index (χ4v) is 5.04. The molecule has 140 valence electrons. The third-order valence-corrected chi connectivity index (χ3v) is 6.52. The van der Waals surface area contributed by atoms with Gasteiger partial charge in [0.05, 0.1) is 17.5 Å². The van der Waals surface area contributed by atoms with E-state index in [1.165, 1.54) is 24.5 Å². The van der Waals surface area contributed by atoms with Gasteiger partial charge < -0.3 is 15.1 Å². The van der Waals surface area contributed by atoms with Crippen molar-refractivity contribution in [3.05, 3.63) is 57.2 Å². The molecule has 6 heteroatoms. The van der Waals surface area contributed by atoms with Gasteiger partial charge in [-0.2, -0.15) is 0 Å². The van der Waals surface area contributed by atoms with Crippen molar-refractivity contribution in [1.82, 2.24) is 5.32 Å². The normalized spacial score (nSPS) is 22.6. The van der Waals surface area contributed by atoms with Gasteiger partial charge in [0, 0.05) is 10.6 Å². The lowest BCUT2D eigenvalue weighted by atomic mass is 10.0. The molecule has 0 spiro atoms. The molecule has 1 amide bonds. The number of hydrogen-bond acceptors (Lipinski definition) is 2. The Balaban J connectivity index is 1.73. The van der Waals surface area contributed by atoms with Crippen molar-refractivity contribution in [2.75, 3.05) is 32.7 Å². The van der Waals surface area contributed by atoms with Gasteiger partial charge in [-0.1, -0.05) is 23.7 Å². The first kappa shape index (κ1) is 19.4. The summed E-state index contributed by atoms with van der Waals surface area (Å²) in [6, 6.07) is 11.8. The molecule has 0 bridgehead atoms. The van der Waals surface area contributed by atoms with Crippen LogP contribution in [0, 0.1) is 0 Å². The third-order valence-electron chi connectivity index (χ3n) is 5.33. The summed E-state index contributed by atoms with van der Waals surface area (Å²) in [5.41, 5.74) is 0.615. The van der Waals surface area contributed by atoms with Crippen molar-refractivity contribution < 1.29 is 14.6 Å². The summed E-state index contributed by atoms with van der Waals surface area (Å²) in [6.45, 7) is 10.2. The number of quaternary nitrogens is 2. The molecule has 0 unspecified atom stereocenters. The number of piperazine rings is 1. The zero-order chi connectivity index (χ0) is 18.5. The monoisotopic (exact) mass is 393 g/mol. The van der Waals surface area contributed by atoms with E-state index in [0.29, 0.717) is 10.6 Å². The molecule has 3 N–H and O–H groups in total. The Morgan fingerprint density at radius 1 is 1.23 bits per heavy atom. The first-order valence-corrected chi connectivity index (χ1v) is 10.6. The lowest BCUT2D eigenvalue weighted by molar-refractivity contribution is -1.03. The molecule has 0 radical (unpaired) electrons. The van der Waals surface area contributed by atoms with E-state index in [1.807, 2.05) is 12.1 Å². The van der Waals surface area contributed by atoms with Gasteiger partial charge in [-0.3, -0.25) is 4.79 Å². The van der Waals surface area contributed by atoms with Gasteiger partial charge in [0.15, 0.2) is 0 Å². The van der Waals surface area contributed by atoms with Crippen LogP contribution >= 0.6 is 22.9 Å². The van der Waals surface area contributed by atoms with Crippen LogP contribution in [0.5, 0.6) is 0 Å². The summed E-state index contributed by atoms with van der Waals surface area (Å²) >= 11 is 7.82. The van der Waals surface area contributed by atoms with E-state index < -0.39 is 0 Å². The molecule has 2 atom stereocenters. The van der Waals surface area contributed by atoms with Gasteiger partial charge in [0.1, 0.15) is 32.2 Å². The Morgan fingerprint density at radius 2 is 2.00 bits per heavy atom. The molecule has 1 aromatic carbocycles. The highest BCUT2D eigenvalue weighted by atomic mass is 35.5. The van der Waals surface area contributed by atoms with E-state index >= 15 is 0 Å². The summed E-state index contributed by atoms with van der Waals surface area (Å²) in [5.74, 6) is -0.0567. The van der Waals surface area contributed by atoms with Crippen LogP contribution in [0.4, 0.5) is 0 Å². The summed E-state index contributed by atoms with van der Waals surface area (Å²) in [6.07, 6.45) is 0. The lowest BCUT2D eigenvalue weighted by Gasteiger charge is -2.36. The number of amides is 1. The number of carbonyl (C=O) groups excluding carboxylic acids is 1. The van der Waals surface area contributed by atoms with Gasteiger partial charge in [-0.15, -0.1) is 11.3 Å². The molecule has 0 aliphatic carbocycles. The van der Waals surface area contributed by atoms with Crippen molar-refractivity contribution in [2.45, 2.75) is 25.9 Å². The van der Waals surface area contributed by atoms with Crippen molar-refractivity contribution in [3.63, 3.8) is 0 Å². The van der Waals surface area contributed by atoms with Crippen LogP contribution in [0.2, 0.25) is 5.02 Å². The van der Waals surface area contributed by atoms with Crippen LogP contribution in [-0.2, 0) is 0 Å². The van der Waals surface area contributed by atoms with E-state index in [2.05, 4.69) is 36.7 Å². The number of hydrogen-bond donors (Lipinski definition) is 3. The third kappa shape index (κ3) is 4.65. The number of rotatable bonds is 6. The molecule has 1 saturated heterocycles. The number of likely N-dealkylation sites (N-methyl/N-ethyl adjacent to an activating group) is 1. The van der Waals surface area contributed by atoms with E-state index in [4.69, 9.17) is 11.6 Å². The summed E-state index contributed by atoms with van der Waals surface area (Å²) in [5, 5.41) is 5.93. The number of thiophene rings is 1. The highest BCUT2D eigenvalue weighted by molar-refractivity contribution is 7.10. The Labute approximate surface area is 164 Å². The van der Waals surface area contributed by atoms with Crippen LogP contribution in [0.15, 0.2) is 41.8 Å². The average molecular weight is 394 g/mol. The maximum Gasteiger partial charge on any atom is 0.251 e. The number of halogens is 1. The average Bonchev–Trinajstić information content (AvgIpc) is 3.16. The fraction of sp³-hybridized carbons (Fsp3) is 0.450. The van der Waals surface area contributed by atoms with Gasteiger partial charge in [0.2, 0.25) is 0 Å². The zero-order valence-corrected chi connectivity index (χ0v) is 17.0. The molecular formula is C20H28ClN3OS+2. The highest BCUT2D eigenvalue weighted by Crippen LogP contribution is 2.20. The Bertz CT molecular complexity index is 714. The molecule has 0 saturated carbocycles. The Morgan fingerprint density at radius 3 is 2.62 bits per heavy atom. The predicted octanol–water partition coefficient (Wildman–Crippen LogP) is 1.06. The minimum atomic E-state index is -0.0567. The SMILES string of the molecule is CC[NH+]1CC[NH+]([C@H](c2cccs2)[C@H](C)NC(=O)c2cccc(Cl)c2)CC1. The second kappa shape index (κ2) is 9.00. The molecule has 2 heterocycles. The second-order valence-electron chi connectivity index (χ2n) is 7.03. The Hall–Kier alpha value is -1.40. The van der Waals surface area contributed by atoms with Gasteiger partial charge in [-0.25, -0.2) is 0 Å². The number of benzene rings is 1. The maximum absolute atomic E-state index is 12.7. The van der Waals surface area contributed by atoms with Gasteiger partial charge in [-0.05, 0) is 43.5 Å². The van der Waals surface area contributed by atoms with Crippen molar-refractivity contribution >= 4 is 28.8 Å². The topological polar surface area (TPSA) is 38.0 Å². The maximum atomic E-state index is 12.7. The number of carbonyl (C=O) groups is 1. The summed E-state index contributed by atoms with van der Waals surface area (Å²) < 4.78 is 0. The molecule has 2 aromatic rings. The fourth-order valence-electron chi connectivity index (χ4n) is 3.86. The molecule has 1 fully saturated rings. The van der Waals surface area contributed by atoms with Gasteiger partial charge >= 0.3 is 0 Å². The summed E-state index contributed by atoms with van der Waals surface area (Å²) in [7, 11) is 0. The standard InChI is InChI=1S/C20H26ClN3OS/c1-3-23-9-11-24(12-10-23)19(18-8-5-13-26-18)15(2)22-20(25)16-6-4-7-17(21)14-16/h4-8,13-15,19H,3,9-12H2,1-2H3,(H,22,25)/p+2/t15-,19-/m0/s1. The quantitative estimate of drug-likeness (QED) is 0.674. The molecule has 3 rings (SSSR count). The van der Waals surface area contributed by atoms with E-state index in [-0.39, 0.29) is 18.0 Å². The largest absolute Gasteiger partial charge is 0.343 e. The van der Waals surface area contributed by atoms with Crippen LogP contribution < -0.4 is 15.1 Å². The molecule has 1 aliphatic rings. The minimum Gasteiger partial charge on any atom is -0.343 e. The number of nitrogens with one attached hydrogen (secondary N) is 3. The highest BCUT2D eigenvalue weighted by Gasteiger charge is 2.35. The second-order valence-corrected chi connectivity index (χ2v) is 8.44. The molecule has 1 aliphatic heterocycles. The zero-order valence-electron chi connectivity index (χ0n) is 15.4. The Kier molecular flexibility index (Phi) is 6.70. The van der Waals surface area contributed by atoms with Crippen LogP contribution in [-0.4, -0.2) is 44.7 Å². The molecule has 26 heavy (non-hydrogen) atoms. The molecule has 1 aromatic heterocycles. The van der Waals surface area contributed by atoms with Crippen LogP contribution in [0.1, 0.15) is 35.1 Å². The first-order chi connectivity index (χ1) is 12.6. The minimum absolute atomic E-state index is 0.0540. The van der Waals surface area contributed by atoms with E-state index in [9.17, 15) is 4.79 Å². The molecule has 4 nitrogen and oxygen atoms in total. The predicted molar refractivity (Wildman–Crippen MR) is 107 cm³/mol.